The smallest absolute Gasteiger partial charge is 0.129 e. The van der Waals surface area contributed by atoms with Crippen LogP contribution in [0.5, 0.6) is 0 Å². The van der Waals surface area contributed by atoms with E-state index < -0.39 is 11.6 Å². The van der Waals surface area contributed by atoms with Crippen LogP contribution >= 0.6 is 0 Å². The van der Waals surface area contributed by atoms with Gasteiger partial charge in [0.1, 0.15) is 11.6 Å². The zero-order valence-electron chi connectivity index (χ0n) is 10.9. The van der Waals surface area contributed by atoms with E-state index >= 15 is 0 Å². The van der Waals surface area contributed by atoms with E-state index in [4.69, 9.17) is 0 Å². The molecule has 0 bridgehead atoms. The fourth-order valence-corrected chi connectivity index (χ4v) is 2.63. The molecule has 0 radical (unpaired) electrons. The van der Waals surface area contributed by atoms with Crippen LogP contribution in [0.1, 0.15) is 31.7 Å². The third kappa shape index (κ3) is 3.08. The zero-order valence-corrected chi connectivity index (χ0v) is 10.9. The first kappa shape index (κ1) is 13.5. The van der Waals surface area contributed by atoms with Crippen molar-refractivity contribution in [1.82, 2.24) is 5.32 Å². The van der Waals surface area contributed by atoms with Gasteiger partial charge in [0, 0.05) is 5.56 Å². The van der Waals surface area contributed by atoms with E-state index in [0.717, 1.165) is 25.9 Å². The summed E-state index contributed by atoms with van der Waals surface area (Å²) in [5, 5.41) is 3.39. The van der Waals surface area contributed by atoms with E-state index in [1.165, 1.54) is 24.6 Å². The van der Waals surface area contributed by atoms with Crippen molar-refractivity contribution in [1.29, 1.82) is 0 Å². The van der Waals surface area contributed by atoms with Gasteiger partial charge < -0.3 is 5.32 Å². The molecule has 1 aliphatic carbocycles. The Morgan fingerprint density at radius 1 is 1.17 bits per heavy atom. The van der Waals surface area contributed by atoms with Crippen LogP contribution in [0.25, 0.3) is 0 Å². The molecule has 1 nitrogen and oxygen atoms in total. The lowest BCUT2D eigenvalue weighted by Gasteiger charge is -2.37. The predicted octanol–water partition coefficient (Wildman–Crippen LogP) is 3.53. The molecular weight excluding hydrogens is 232 g/mol. The normalized spacial score (nSPS) is 22.8. The average Bonchev–Trinajstić information content (AvgIpc) is 2.32. The second kappa shape index (κ2) is 6.28. The standard InChI is InChI=1S/C15H21F2N/c1-2-8-18-10-12-7-6-11(12)9-13-14(16)4-3-5-15(13)17/h3-5,11-12,18H,2,6-10H2,1H3. The summed E-state index contributed by atoms with van der Waals surface area (Å²) in [6, 6.07) is 4.12. The second-order valence-corrected chi connectivity index (χ2v) is 5.21. The van der Waals surface area contributed by atoms with Crippen molar-refractivity contribution in [3.05, 3.63) is 35.4 Å². The van der Waals surface area contributed by atoms with Crippen molar-refractivity contribution in [2.45, 2.75) is 32.6 Å². The molecule has 18 heavy (non-hydrogen) atoms. The highest BCUT2D eigenvalue weighted by Crippen LogP contribution is 2.37. The monoisotopic (exact) mass is 253 g/mol. The van der Waals surface area contributed by atoms with E-state index in [-0.39, 0.29) is 5.56 Å². The number of halogens is 2. The van der Waals surface area contributed by atoms with E-state index in [1.54, 1.807) is 0 Å². The van der Waals surface area contributed by atoms with Crippen LogP contribution in [-0.4, -0.2) is 13.1 Å². The number of rotatable bonds is 6. The highest BCUT2D eigenvalue weighted by Gasteiger charge is 2.31. The Hall–Kier alpha value is -0.960. The molecule has 1 aromatic carbocycles. The highest BCUT2D eigenvalue weighted by atomic mass is 19.1. The molecule has 1 aromatic rings. The van der Waals surface area contributed by atoms with Gasteiger partial charge in [0.2, 0.25) is 0 Å². The molecule has 1 N–H and O–H groups in total. The molecular formula is C15H21F2N. The summed E-state index contributed by atoms with van der Waals surface area (Å²) in [5.74, 6) is 0.209. The minimum absolute atomic E-state index is 0.266. The van der Waals surface area contributed by atoms with Gasteiger partial charge in [-0.15, -0.1) is 0 Å². The third-order valence-corrected chi connectivity index (χ3v) is 3.94. The molecule has 100 valence electrons. The molecule has 1 aliphatic rings. The van der Waals surface area contributed by atoms with Gasteiger partial charge >= 0.3 is 0 Å². The van der Waals surface area contributed by atoms with Crippen LogP contribution in [-0.2, 0) is 6.42 Å². The molecule has 3 heteroatoms. The number of hydrogen-bond acceptors (Lipinski definition) is 1. The SMILES string of the molecule is CCCNCC1CCC1Cc1c(F)cccc1F. The van der Waals surface area contributed by atoms with Gasteiger partial charge in [-0.2, -0.15) is 0 Å². The van der Waals surface area contributed by atoms with E-state index in [0.29, 0.717) is 18.3 Å². The molecule has 0 amide bonds. The lowest BCUT2D eigenvalue weighted by atomic mass is 9.70. The predicted molar refractivity (Wildman–Crippen MR) is 69.4 cm³/mol. The Bertz CT molecular complexity index is 372. The van der Waals surface area contributed by atoms with Gasteiger partial charge in [0.05, 0.1) is 0 Å². The van der Waals surface area contributed by atoms with Crippen LogP contribution in [0.2, 0.25) is 0 Å². The third-order valence-electron chi connectivity index (χ3n) is 3.94. The summed E-state index contributed by atoms with van der Waals surface area (Å²) in [5.41, 5.74) is 0.266. The highest BCUT2D eigenvalue weighted by molar-refractivity contribution is 5.20. The average molecular weight is 253 g/mol. The number of benzene rings is 1. The van der Waals surface area contributed by atoms with Crippen LogP contribution in [0, 0.1) is 23.5 Å². The molecule has 1 saturated carbocycles. The quantitative estimate of drug-likeness (QED) is 0.765. The van der Waals surface area contributed by atoms with Crippen LogP contribution in [0.4, 0.5) is 8.78 Å². The van der Waals surface area contributed by atoms with Gasteiger partial charge in [0.15, 0.2) is 0 Å². The Kier molecular flexibility index (Phi) is 4.70. The van der Waals surface area contributed by atoms with Crippen LogP contribution in [0.3, 0.4) is 0 Å². The topological polar surface area (TPSA) is 12.0 Å². The number of nitrogens with one attached hydrogen (secondary N) is 1. The van der Waals surface area contributed by atoms with E-state index in [2.05, 4.69) is 12.2 Å². The van der Waals surface area contributed by atoms with Crippen molar-refractivity contribution in [3.63, 3.8) is 0 Å². The molecule has 0 saturated heterocycles. The largest absolute Gasteiger partial charge is 0.316 e. The van der Waals surface area contributed by atoms with E-state index in [9.17, 15) is 8.78 Å². The van der Waals surface area contributed by atoms with Crippen molar-refractivity contribution in [2.75, 3.05) is 13.1 Å². The zero-order chi connectivity index (χ0) is 13.0. The summed E-state index contributed by atoms with van der Waals surface area (Å²) in [6.07, 6.45) is 3.93. The Morgan fingerprint density at radius 2 is 1.83 bits per heavy atom. The van der Waals surface area contributed by atoms with Gasteiger partial charge in [-0.05, 0) is 62.7 Å². The molecule has 2 rings (SSSR count). The van der Waals surface area contributed by atoms with Crippen LogP contribution in [0.15, 0.2) is 18.2 Å². The maximum atomic E-state index is 13.5. The summed E-state index contributed by atoms with van der Waals surface area (Å²) in [6.45, 7) is 4.14. The van der Waals surface area contributed by atoms with Crippen LogP contribution < -0.4 is 5.32 Å². The molecule has 2 unspecified atom stereocenters. The number of hydrogen-bond donors (Lipinski definition) is 1. The summed E-state index contributed by atoms with van der Waals surface area (Å²) < 4.78 is 27.1. The lowest BCUT2D eigenvalue weighted by Crippen LogP contribution is -2.36. The summed E-state index contributed by atoms with van der Waals surface area (Å²) >= 11 is 0. The first-order chi connectivity index (χ1) is 8.72. The Labute approximate surface area is 108 Å². The molecule has 0 aromatic heterocycles. The van der Waals surface area contributed by atoms with Crippen molar-refractivity contribution in [2.24, 2.45) is 11.8 Å². The maximum Gasteiger partial charge on any atom is 0.129 e. The molecule has 1 fully saturated rings. The summed E-state index contributed by atoms with van der Waals surface area (Å²) in [4.78, 5) is 0. The fraction of sp³-hybridized carbons (Fsp3) is 0.600. The van der Waals surface area contributed by atoms with Gasteiger partial charge in [-0.1, -0.05) is 13.0 Å². The molecule has 0 heterocycles. The van der Waals surface area contributed by atoms with Crippen molar-refractivity contribution >= 4 is 0 Å². The molecule has 2 atom stereocenters. The second-order valence-electron chi connectivity index (χ2n) is 5.21. The lowest BCUT2D eigenvalue weighted by molar-refractivity contribution is 0.168. The first-order valence-corrected chi connectivity index (χ1v) is 6.86. The van der Waals surface area contributed by atoms with Gasteiger partial charge in [-0.25, -0.2) is 8.78 Å². The fourth-order valence-electron chi connectivity index (χ4n) is 2.63. The Morgan fingerprint density at radius 3 is 2.39 bits per heavy atom. The van der Waals surface area contributed by atoms with E-state index in [1.807, 2.05) is 0 Å². The first-order valence-electron chi connectivity index (χ1n) is 6.86. The van der Waals surface area contributed by atoms with Crippen molar-refractivity contribution < 1.29 is 8.78 Å². The maximum absolute atomic E-state index is 13.5. The molecule has 0 aliphatic heterocycles. The van der Waals surface area contributed by atoms with Gasteiger partial charge in [-0.3, -0.25) is 0 Å². The Balaban J connectivity index is 1.89. The minimum atomic E-state index is -0.401. The van der Waals surface area contributed by atoms with Gasteiger partial charge in [0.25, 0.3) is 0 Å². The van der Waals surface area contributed by atoms with Crippen molar-refractivity contribution in [3.8, 4) is 0 Å². The minimum Gasteiger partial charge on any atom is -0.316 e. The summed E-state index contributed by atoms with van der Waals surface area (Å²) in [7, 11) is 0. The molecule has 0 spiro atoms.